The molecule has 196 valence electrons. The van der Waals surface area contributed by atoms with E-state index in [9.17, 15) is 13.2 Å². The summed E-state index contributed by atoms with van der Waals surface area (Å²) in [7, 11) is 0. The van der Waals surface area contributed by atoms with Crippen LogP contribution in [0, 0.1) is 11.8 Å². The standard InChI is InChI=1S/C28H37F3N4S/c1-18-11-19(2)17-35(16-18)23-3-4-26-20(12-23)13-24-25(14-21(28(29,30)31)15-27(24)36-26)33-22-5-8-34(9-6-22)10-7-32/h3-4,12,14-15,18-19,22,33H,5-11,13,16-17,32H2,1-2H3. The fraction of sp³-hybridized carbons (Fsp3) is 0.571. The molecule has 0 aliphatic carbocycles. The van der Waals surface area contributed by atoms with Crippen LogP contribution in [0.25, 0.3) is 0 Å². The van der Waals surface area contributed by atoms with E-state index in [0.717, 1.165) is 56.0 Å². The first-order valence-electron chi connectivity index (χ1n) is 13.2. The molecule has 3 aliphatic rings. The van der Waals surface area contributed by atoms with Crippen molar-refractivity contribution in [3.05, 3.63) is 47.0 Å². The predicted octanol–water partition coefficient (Wildman–Crippen LogP) is 6.08. The number of hydrogen-bond acceptors (Lipinski definition) is 5. The van der Waals surface area contributed by atoms with Crippen LogP contribution in [-0.4, -0.2) is 50.2 Å². The molecular weight excluding hydrogens is 481 g/mol. The van der Waals surface area contributed by atoms with E-state index < -0.39 is 11.7 Å². The topological polar surface area (TPSA) is 44.5 Å². The second kappa shape index (κ2) is 10.5. The Balaban J connectivity index is 1.41. The molecule has 2 fully saturated rings. The van der Waals surface area contributed by atoms with Crippen molar-refractivity contribution in [2.45, 2.75) is 61.5 Å². The zero-order valence-corrected chi connectivity index (χ0v) is 22.0. The molecule has 2 unspecified atom stereocenters. The van der Waals surface area contributed by atoms with Gasteiger partial charge in [0, 0.05) is 72.9 Å². The van der Waals surface area contributed by atoms with Crippen LogP contribution in [-0.2, 0) is 12.6 Å². The summed E-state index contributed by atoms with van der Waals surface area (Å²) in [6.07, 6.45) is -0.653. The van der Waals surface area contributed by atoms with Crippen molar-refractivity contribution < 1.29 is 13.2 Å². The molecule has 0 aromatic heterocycles. The molecule has 8 heteroatoms. The number of nitrogens with one attached hydrogen (secondary N) is 1. The van der Waals surface area contributed by atoms with Crippen LogP contribution in [0.2, 0.25) is 0 Å². The summed E-state index contributed by atoms with van der Waals surface area (Å²) in [5.74, 6) is 1.32. The van der Waals surface area contributed by atoms with Crippen LogP contribution < -0.4 is 16.0 Å². The van der Waals surface area contributed by atoms with Gasteiger partial charge in [-0.05, 0) is 72.6 Å². The second-order valence-corrected chi connectivity index (χ2v) is 12.1. The van der Waals surface area contributed by atoms with Gasteiger partial charge in [-0.3, -0.25) is 0 Å². The third kappa shape index (κ3) is 5.65. The van der Waals surface area contributed by atoms with Gasteiger partial charge in [-0.15, -0.1) is 0 Å². The molecule has 5 rings (SSSR count). The Hall–Kier alpha value is -1.90. The average Bonchev–Trinajstić information content (AvgIpc) is 2.82. The summed E-state index contributed by atoms with van der Waals surface area (Å²) in [6.45, 7) is 10.1. The van der Waals surface area contributed by atoms with E-state index in [1.54, 1.807) is 0 Å². The predicted molar refractivity (Wildman–Crippen MR) is 142 cm³/mol. The zero-order valence-electron chi connectivity index (χ0n) is 21.2. The first kappa shape index (κ1) is 25.7. The smallest absolute Gasteiger partial charge is 0.382 e. The molecule has 3 N–H and O–H groups in total. The van der Waals surface area contributed by atoms with Gasteiger partial charge < -0.3 is 20.9 Å². The third-order valence-electron chi connectivity index (χ3n) is 7.79. The molecule has 2 aromatic rings. The monoisotopic (exact) mass is 518 g/mol. The molecule has 4 nitrogen and oxygen atoms in total. The van der Waals surface area contributed by atoms with Crippen molar-refractivity contribution in [3.8, 4) is 0 Å². The van der Waals surface area contributed by atoms with Gasteiger partial charge in [-0.2, -0.15) is 13.2 Å². The van der Waals surface area contributed by atoms with Gasteiger partial charge in [0.05, 0.1) is 5.56 Å². The van der Waals surface area contributed by atoms with E-state index in [-0.39, 0.29) is 6.04 Å². The van der Waals surface area contributed by atoms with Crippen LogP contribution in [0.4, 0.5) is 24.5 Å². The molecular formula is C28H37F3N4S. The lowest BCUT2D eigenvalue weighted by molar-refractivity contribution is -0.137. The van der Waals surface area contributed by atoms with E-state index in [1.165, 1.54) is 41.6 Å². The molecule has 2 aromatic carbocycles. The first-order chi connectivity index (χ1) is 17.2. The Morgan fingerprint density at radius 1 is 1.03 bits per heavy atom. The molecule has 3 aliphatic heterocycles. The van der Waals surface area contributed by atoms with Gasteiger partial charge in [-0.1, -0.05) is 25.6 Å². The lowest BCUT2D eigenvalue weighted by atomic mass is 9.91. The van der Waals surface area contributed by atoms with Gasteiger partial charge in [0.15, 0.2) is 0 Å². The highest BCUT2D eigenvalue weighted by Crippen LogP contribution is 2.46. The molecule has 36 heavy (non-hydrogen) atoms. The van der Waals surface area contributed by atoms with Crippen LogP contribution in [0.15, 0.2) is 40.1 Å². The lowest BCUT2D eigenvalue weighted by Gasteiger charge is -2.37. The van der Waals surface area contributed by atoms with E-state index >= 15 is 0 Å². The number of fused-ring (bicyclic) bond motifs is 2. The summed E-state index contributed by atoms with van der Waals surface area (Å²) >= 11 is 1.47. The molecule has 2 atom stereocenters. The number of alkyl halides is 3. The number of halogens is 3. The highest BCUT2D eigenvalue weighted by Gasteiger charge is 2.34. The quantitative estimate of drug-likeness (QED) is 0.429. The lowest BCUT2D eigenvalue weighted by Crippen LogP contribution is -2.41. The van der Waals surface area contributed by atoms with Crippen molar-refractivity contribution in [1.82, 2.24) is 4.90 Å². The Bertz CT molecular complexity index is 1070. The Kier molecular flexibility index (Phi) is 7.48. The average molecular weight is 519 g/mol. The minimum atomic E-state index is -4.37. The molecule has 0 radical (unpaired) electrons. The highest BCUT2D eigenvalue weighted by atomic mass is 32.2. The number of piperidine rings is 2. The zero-order chi connectivity index (χ0) is 25.4. The molecule has 0 bridgehead atoms. The summed E-state index contributed by atoms with van der Waals surface area (Å²) < 4.78 is 41.4. The maximum atomic E-state index is 13.8. The SMILES string of the molecule is CC1CC(C)CN(c2ccc3c(c2)Cc2c(NC4CCN(CCN)CC4)cc(C(F)(F)F)cc2S3)C1. The summed E-state index contributed by atoms with van der Waals surface area (Å²) in [5, 5.41) is 3.52. The van der Waals surface area contributed by atoms with Gasteiger partial charge >= 0.3 is 6.18 Å². The van der Waals surface area contributed by atoms with E-state index in [2.05, 4.69) is 47.2 Å². The number of likely N-dealkylation sites (tertiary alicyclic amines) is 1. The maximum Gasteiger partial charge on any atom is 0.416 e. The molecule has 3 heterocycles. The number of nitrogens with zero attached hydrogens (tertiary/aromatic N) is 2. The third-order valence-corrected chi connectivity index (χ3v) is 9.00. The largest absolute Gasteiger partial charge is 0.416 e. The van der Waals surface area contributed by atoms with Crippen LogP contribution >= 0.6 is 11.8 Å². The number of nitrogens with two attached hydrogens (primary N) is 1. The molecule has 0 spiro atoms. The minimum absolute atomic E-state index is 0.167. The highest BCUT2D eigenvalue weighted by molar-refractivity contribution is 7.99. The van der Waals surface area contributed by atoms with Crippen LogP contribution in [0.3, 0.4) is 0 Å². The minimum Gasteiger partial charge on any atom is -0.382 e. The van der Waals surface area contributed by atoms with Crippen LogP contribution in [0.1, 0.15) is 49.8 Å². The number of anilines is 2. The van der Waals surface area contributed by atoms with Gasteiger partial charge in [-0.25, -0.2) is 0 Å². The van der Waals surface area contributed by atoms with Crippen LogP contribution in [0.5, 0.6) is 0 Å². The molecule has 0 amide bonds. The van der Waals surface area contributed by atoms with Crippen molar-refractivity contribution in [1.29, 1.82) is 0 Å². The number of benzene rings is 2. The summed E-state index contributed by atoms with van der Waals surface area (Å²) in [5.41, 5.74) is 9.18. The number of rotatable bonds is 5. The van der Waals surface area contributed by atoms with E-state index in [4.69, 9.17) is 5.73 Å². The van der Waals surface area contributed by atoms with Crippen molar-refractivity contribution in [3.63, 3.8) is 0 Å². The van der Waals surface area contributed by atoms with Gasteiger partial charge in [0.2, 0.25) is 0 Å². The van der Waals surface area contributed by atoms with Gasteiger partial charge in [0.25, 0.3) is 0 Å². The second-order valence-electron chi connectivity index (χ2n) is 11.0. The fourth-order valence-corrected chi connectivity index (χ4v) is 7.22. The first-order valence-corrected chi connectivity index (χ1v) is 14.0. The van der Waals surface area contributed by atoms with E-state index in [0.29, 0.717) is 35.4 Å². The molecule has 2 saturated heterocycles. The Morgan fingerprint density at radius 3 is 2.42 bits per heavy atom. The number of hydrogen-bond donors (Lipinski definition) is 2. The summed E-state index contributed by atoms with van der Waals surface area (Å²) in [4.78, 5) is 6.58. The Labute approximate surface area is 216 Å². The summed E-state index contributed by atoms with van der Waals surface area (Å²) in [6, 6.07) is 9.34. The van der Waals surface area contributed by atoms with Crippen molar-refractivity contribution in [2.75, 3.05) is 49.5 Å². The normalized spacial score (nSPS) is 23.3. The fourth-order valence-electron chi connectivity index (χ4n) is 6.10. The maximum absolute atomic E-state index is 13.8. The Morgan fingerprint density at radius 2 is 1.75 bits per heavy atom. The van der Waals surface area contributed by atoms with Crippen molar-refractivity contribution in [2.24, 2.45) is 17.6 Å². The van der Waals surface area contributed by atoms with Gasteiger partial charge in [0.1, 0.15) is 0 Å². The van der Waals surface area contributed by atoms with Crippen molar-refractivity contribution >= 4 is 23.1 Å². The van der Waals surface area contributed by atoms with E-state index in [1.807, 2.05) is 0 Å². The molecule has 0 saturated carbocycles.